The van der Waals surface area contributed by atoms with Crippen molar-refractivity contribution in [3.8, 4) is 0 Å². The Balaban J connectivity index is 2.64. The fourth-order valence-electron chi connectivity index (χ4n) is 1.52. The van der Waals surface area contributed by atoms with E-state index in [1.54, 1.807) is 0 Å². The van der Waals surface area contributed by atoms with Gasteiger partial charge in [-0.25, -0.2) is 4.39 Å². The van der Waals surface area contributed by atoms with Gasteiger partial charge in [-0.2, -0.15) is 0 Å². The molecule has 0 amide bonds. The van der Waals surface area contributed by atoms with Gasteiger partial charge in [0.1, 0.15) is 11.6 Å². The lowest BCUT2D eigenvalue weighted by molar-refractivity contribution is -0.121. The first kappa shape index (κ1) is 14.1. The summed E-state index contributed by atoms with van der Waals surface area (Å²) in [6, 6.07) is 4.28. The van der Waals surface area contributed by atoms with Gasteiger partial charge in [0.05, 0.1) is 0 Å². The highest BCUT2D eigenvalue weighted by molar-refractivity contribution is 6.30. The maximum atomic E-state index is 13.4. The van der Waals surface area contributed by atoms with Gasteiger partial charge in [-0.15, -0.1) is 0 Å². The number of rotatable bonds is 6. The fourth-order valence-corrected chi connectivity index (χ4v) is 1.71. The number of nitrogens with one attached hydrogen (secondary N) is 1. The Kier molecular flexibility index (Phi) is 5.59. The van der Waals surface area contributed by atoms with E-state index in [1.165, 1.54) is 18.2 Å². The van der Waals surface area contributed by atoms with Gasteiger partial charge < -0.3 is 5.32 Å². The SMILES string of the molecule is CCNCC(C)C(=O)Cc1cc(Cl)ccc1F. The van der Waals surface area contributed by atoms with Crippen molar-refractivity contribution < 1.29 is 9.18 Å². The zero-order valence-corrected chi connectivity index (χ0v) is 10.9. The number of ketones is 1. The monoisotopic (exact) mass is 257 g/mol. The summed E-state index contributed by atoms with van der Waals surface area (Å²) in [5.74, 6) is -0.473. The second kappa shape index (κ2) is 6.72. The quantitative estimate of drug-likeness (QED) is 0.849. The summed E-state index contributed by atoms with van der Waals surface area (Å²) in [5, 5.41) is 3.55. The minimum Gasteiger partial charge on any atom is -0.316 e. The molecular formula is C13H17ClFNO. The summed E-state index contributed by atoms with van der Waals surface area (Å²) in [6.07, 6.45) is 0.0962. The molecule has 0 bridgehead atoms. The number of halogens is 2. The van der Waals surface area contributed by atoms with Crippen molar-refractivity contribution in [1.82, 2.24) is 5.32 Å². The Morgan fingerprint density at radius 1 is 1.53 bits per heavy atom. The number of hydrogen-bond acceptors (Lipinski definition) is 2. The van der Waals surface area contributed by atoms with Crippen molar-refractivity contribution in [2.75, 3.05) is 13.1 Å². The summed E-state index contributed by atoms with van der Waals surface area (Å²) in [5.41, 5.74) is 0.367. The second-order valence-electron chi connectivity index (χ2n) is 4.09. The minimum atomic E-state index is -0.376. The third-order valence-corrected chi connectivity index (χ3v) is 2.86. The normalized spacial score (nSPS) is 12.5. The molecule has 0 saturated heterocycles. The summed E-state index contributed by atoms with van der Waals surface area (Å²) >= 11 is 5.77. The molecule has 17 heavy (non-hydrogen) atoms. The lowest BCUT2D eigenvalue weighted by Gasteiger charge is -2.11. The Morgan fingerprint density at radius 2 is 2.24 bits per heavy atom. The highest BCUT2D eigenvalue weighted by Crippen LogP contribution is 2.16. The van der Waals surface area contributed by atoms with Crippen molar-refractivity contribution in [2.24, 2.45) is 5.92 Å². The Morgan fingerprint density at radius 3 is 2.88 bits per heavy atom. The molecule has 1 unspecified atom stereocenters. The van der Waals surface area contributed by atoms with E-state index in [0.717, 1.165) is 6.54 Å². The van der Waals surface area contributed by atoms with Crippen LogP contribution in [0.1, 0.15) is 19.4 Å². The van der Waals surface area contributed by atoms with Crippen molar-refractivity contribution in [3.05, 3.63) is 34.6 Å². The summed E-state index contributed by atoms with van der Waals surface area (Å²) in [6.45, 7) is 5.27. The van der Waals surface area contributed by atoms with Crippen LogP contribution in [-0.4, -0.2) is 18.9 Å². The van der Waals surface area contributed by atoms with E-state index in [9.17, 15) is 9.18 Å². The van der Waals surface area contributed by atoms with E-state index in [1.807, 2.05) is 13.8 Å². The summed E-state index contributed by atoms with van der Waals surface area (Å²) < 4.78 is 13.4. The molecule has 4 heteroatoms. The topological polar surface area (TPSA) is 29.1 Å². The summed E-state index contributed by atoms with van der Waals surface area (Å²) in [4.78, 5) is 11.8. The van der Waals surface area contributed by atoms with Crippen LogP contribution in [0.2, 0.25) is 5.02 Å². The van der Waals surface area contributed by atoms with E-state index < -0.39 is 0 Å². The predicted molar refractivity (Wildman–Crippen MR) is 67.8 cm³/mol. The van der Waals surface area contributed by atoms with Crippen LogP contribution in [0.3, 0.4) is 0 Å². The van der Waals surface area contributed by atoms with E-state index in [-0.39, 0.29) is 23.9 Å². The van der Waals surface area contributed by atoms with Crippen molar-refractivity contribution in [2.45, 2.75) is 20.3 Å². The van der Waals surface area contributed by atoms with Crippen LogP contribution < -0.4 is 5.32 Å². The van der Waals surface area contributed by atoms with Crippen LogP contribution in [0.5, 0.6) is 0 Å². The zero-order chi connectivity index (χ0) is 12.8. The second-order valence-corrected chi connectivity index (χ2v) is 4.52. The van der Waals surface area contributed by atoms with Crippen LogP contribution in [0.25, 0.3) is 0 Å². The largest absolute Gasteiger partial charge is 0.316 e. The molecule has 0 aliphatic rings. The van der Waals surface area contributed by atoms with Crippen LogP contribution >= 0.6 is 11.6 Å². The van der Waals surface area contributed by atoms with Gasteiger partial charge in [-0.05, 0) is 30.3 Å². The predicted octanol–water partition coefficient (Wildman–Crippen LogP) is 2.84. The average Bonchev–Trinajstić information content (AvgIpc) is 2.30. The van der Waals surface area contributed by atoms with Gasteiger partial charge >= 0.3 is 0 Å². The zero-order valence-electron chi connectivity index (χ0n) is 10.1. The lowest BCUT2D eigenvalue weighted by atomic mass is 9.99. The molecule has 0 aromatic heterocycles. The van der Waals surface area contributed by atoms with Crippen molar-refractivity contribution >= 4 is 17.4 Å². The van der Waals surface area contributed by atoms with Crippen molar-refractivity contribution in [3.63, 3.8) is 0 Å². The first-order valence-corrected chi connectivity index (χ1v) is 6.09. The molecule has 94 valence electrons. The molecule has 0 aliphatic heterocycles. The van der Waals surface area contributed by atoms with E-state index in [0.29, 0.717) is 17.1 Å². The van der Waals surface area contributed by atoms with E-state index >= 15 is 0 Å². The molecule has 0 heterocycles. The minimum absolute atomic E-state index is 0.0205. The average molecular weight is 258 g/mol. The summed E-state index contributed by atoms with van der Waals surface area (Å²) in [7, 11) is 0. The van der Waals surface area contributed by atoms with Gasteiger partial charge in [0.15, 0.2) is 0 Å². The Labute approximate surface area is 106 Å². The highest BCUT2D eigenvalue weighted by Gasteiger charge is 2.15. The fraction of sp³-hybridized carbons (Fsp3) is 0.462. The highest BCUT2D eigenvalue weighted by atomic mass is 35.5. The molecule has 0 radical (unpaired) electrons. The van der Waals surface area contributed by atoms with Gasteiger partial charge in [0.2, 0.25) is 0 Å². The first-order chi connectivity index (χ1) is 8.04. The van der Waals surface area contributed by atoms with Crippen molar-refractivity contribution in [1.29, 1.82) is 0 Å². The van der Waals surface area contributed by atoms with Gasteiger partial charge in [-0.3, -0.25) is 4.79 Å². The molecule has 1 aromatic carbocycles. The molecule has 1 rings (SSSR count). The standard InChI is InChI=1S/C13H17ClFNO/c1-3-16-8-9(2)13(17)7-10-6-11(14)4-5-12(10)15/h4-6,9,16H,3,7-8H2,1-2H3. The van der Waals surface area contributed by atoms with Gasteiger partial charge in [-0.1, -0.05) is 25.4 Å². The number of Topliss-reactive ketones (excluding diaryl/α,β-unsaturated/α-hetero) is 1. The van der Waals surface area contributed by atoms with Crippen LogP contribution in [0.4, 0.5) is 4.39 Å². The molecular weight excluding hydrogens is 241 g/mol. The molecule has 0 spiro atoms. The van der Waals surface area contributed by atoms with Crippen LogP contribution in [0.15, 0.2) is 18.2 Å². The molecule has 1 aromatic rings. The Hall–Kier alpha value is -0.930. The third-order valence-electron chi connectivity index (χ3n) is 2.62. The maximum absolute atomic E-state index is 13.4. The van der Waals surface area contributed by atoms with Gasteiger partial charge in [0.25, 0.3) is 0 Å². The number of carbonyl (C=O) groups is 1. The van der Waals surface area contributed by atoms with E-state index in [4.69, 9.17) is 11.6 Å². The molecule has 1 N–H and O–H groups in total. The van der Waals surface area contributed by atoms with Gasteiger partial charge in [0, 0.05) is 23.9 Å². The lowest BCUT2D eigenvalue weighted by Crippen LogP contribution is -2.27. The third kappa shape index (κ3) is 4.44. The van der Waals surface area contributed by atoms with Crippen LogP contribution in [-0.2, 0) is 11.2 Å². The number of carbonyl (C=O) groups excluding carboxylic acids is 1. The molecule has 0 saturated carbocycles. The smallest absolute Gasteiger partial charge is 0.141 e. The maximum Gasteiger partial charge on any atom is 0.141 e. The number of benzene rings is 1. The molecule has 0 aliphatic carbocycles. The number of hydrogen-bond donors (Lipinski definition) is 1. The van der Waals surface area contributed by atoms with E-state index in [2.05, 4.69) is 5.32 Å². The molecule has 1 atom stereocenters. The first-order valence-electron chi connectivity index (χ1n) is 5.72. The Bertz CT molecular complexity index is 395. The molecule has 0 fully saturated rings. The van der Waals surface area contributed by atoms with Crippen LogP contribution in [0, 0.1) is 11.7 Å². The molecule has 2 nitrogen and oxygen atoms in total.